The lowest BCUT2D eigenvalue weighted by Crippen LogP contribution is -2.49. The molecule has 4 N–H and O–H groups in total. The predicted octanol–water partition coefficient (Wildman–Crippen LogP) is -0.861. The number of hydrogen-bond acceptors (Lipinski definition) is 6. The fraction of sp³-hybridized carbons (Fsp3) is 0.583. The number of aromatic nitrogens is 1. The summed E-state index contributed by atoms with van der Waals surface area (Å²) in [6.45, 7) is 3.67. The van der Waals surface area contributed by atoms with Crippen molar-refractivity contribution in [2.45, 2.75) is 6.10 Å². The maximum Gasteiger partial charge on any atom is 0.151 e. The van der Waals surface area contributed by atoms with E-state index in [2.05, 4.69) is 14.8 Å². The van der Waals surface area contributed by atoms with E-state index in [1.807, 2.05) is 12.1 Å². The molecule has 0 amide bonds. The summed E-state index contributed by atoms with van der Waals surface area (Å²) in [7, 11) is 0. The van der Waals surface area contributed by atoms with E-state index in [0.29, 0.717) is 12.2 Å². The Morgan fingerprint density at radius 2 is 2.06 bits per heavy atom. The molecule has 1 unspecified atom stereocenters. The van der Waals surface area contributed by atoms with Gasteiger partial charge < -0.3 is 20.8 Å². The summed E-state index contributed by atoms with van der Waals surface area (Å²) in [4.78, 5) is 8.58. The number of anilines is 2. The lowest BCUT2D eigenvalue weighted by molar-refractivity contribution is 0.0574. The van der Waals surface area contributed by atoms with Gasteiger partial charge in [0.05, 0.1) is 18.4 Å². The smallest absolute Gasteiger partial charge is 0.151 e. The molecular weight excluding hydrogens is 232 g/mol. The molecule has 2 rings (SSSR count). The second-order valence-electron chi connectivity index (χ2n) is 4.54. The topological polar surface area (TPSA) is 85.9 Å². The molecule has 0 bridgehead atoms. The summed E-state index contributed by atoms with van der Waals surface area (Å²) in [5, 5.41) is 18.2. The summed E-state index contributed by atoms with van der Waals surface area (Å²) in [6.07, 6.45) is 1.09. The quantitative estimate of drug-likeness (QED) is 0.646. The third-order valence-electron chi connectivity index (χ3n) is 3.17. The van der Waals surface area contributed by atoms with Crippen LogP contribution in [0.3, 0.4) is 0 Å². The van der Waals surface area contributed by atoms with E-state index in [4.69, 9.17) is 10.8 Å². The fourth-order valence-corrected chi connectivity index (χ4v) is 2.17. The molecular formula is C12H20N4O2. The Kier molecular flexibility index (Phi) is 4.35. The first kappa shape index (κ1) is 13.1. The highest BCUT2D eigenvalue weighted by molar-refractivity contribution is 5.62. The van der Waals surface area contributed by atoms with Gasteiger partial charge in [-0.25, -0.2) is 4.98 Å². The monoisotopic (exact) mass is 252 g/mol. The van der Waals surface area contributed by atoms with Crippen molar-refractivity contribution in [3.63, 3.8) is 0 Å². The van der Waals surface area contributed by atoms with E-state index in [0.717, 1.165) is 32.0 Å². The van der Waals surface area contributed by atoms with Crippen LogP contribution in [0.4, 0.5) is 11.5 Å². The van der Waals surface area contributed by atoms with Crippen molar-refractivity contribution in [2.24, 2.45) is 0 Å². The van der Waals surface area contributed by atoms with Gasteiger partial charge in [-0.2, -0.15) is 0 Å². The minimum atomic E-state index is -0.656. The summed E-state index contributed by atoms with van der Waals surface area (Å²) in [5.41, 5.74) is 6.59. The molecule has 1 atom stereocenters. The van der Waals surface area contributed by atoms with Crippen LogP contribution in [0.2, 0.25) is 0 Å². The molecule has 2 heterocycles. The molecule has 1 saturated heterocycles. The average Bonchev–Trinajstić information content (AvgIpc) is 2.40. The number of aliphatic hydroxyl groups is 2. The Morgan fingerprint density at radius 1 is 1.33 bits per heavy atom. The summed E-state index contributed by atoms with van der Waals surface area (Å²) in [6, 6.07) is 3.68. The molecule has 0 aliphatic carbocycles. The zero-order valence-corrected chi connectivity index (χ0v) is 10.4. The molecule has 1 aromatic heterocycles. The van der Waals surface area contributed by atoms with Crippen molar-refractivity contribution >= 4 is 11.5 Å². The van der Waals surface area contributed by atoms with E-state index in [9.17, 15) is 5.11 Å². The van der Waals surface area contributed by atoms with E-state index >= 15 is 0 Å². The van der Waals surface area contributed by atoms with Crippen LogP contribution in [0.25, 0.3) is 0 Å². The average molecular weight is 252 g/mol. The van der Waals surface area contributed by atoms with Crippen molar-refractivity contribution in [1.82, 2.24) is 9.88 Å². The van der Waals surface area contributed by atoms with Gasteiger partial charge in [-0.1, -0.05) is 0 Å². The Balaban J connectivity index is 1.89. The molecule has 1 fully saturated rings. The Morgan fingerprint density at radius 3 is 2.67 bits per heavy atom. The number of nitrogens with two attached hydrogens (primary N) is 1. The molecule has 1 aliphatic heterocycles. The van der Waals surface area contributed by atoms with E-state index in [-0.39, 0.29) is 6.61 Å². The van der Waals surface area contributed by atoms with E-state index in [1.54, 1.807) is 6.20 Å². The van der Waals surface area contributed by atoms with E-state index < -0.39 is 6.10 Å². The highest BCUT2D eigenvalue weighted by Gasteiger charge is 2.20. The highest BCUT2D eigenvalue weighted by Crippen LogP contribution is 2.20. The Hall–Kier alpha value is -1.37. The normalized spacial score (nSPS) is 18.9. The van der Waals surface area contributed by atoms with Crippen LogP contribution < -0.4 is 10.6 Å². The first-order chi connectivity index (χ1) is 8.70. The summed E-state index contributed by atoms with van der Waals surface area (Å²) in [5.74, 6) is 0.833. The van der Waals surface area contributed by atoms with Crippen LogP contribution in [0, 0.1) is 0 Å². The first-order valence-electron chi connectivity index (χ1n) is 6.17. The summed E-state index contributed by atoms with van der Waals surface area (Å²) < 4.78 is 0. The molecule has 6 heteroatoms. The third kappa shape index (κ3) is 3.10. The number of nitrogens with zero attached hydrogens (tertiary/aromatic N) is 3. The van der Waals surface area contributed by atoms with Crippen LogP contribution >= 0.6 is 0 Å². The van der Waals surface area contributed by atoms with Gasteiger partial charge in [-0.15, -0.1) is 0 Å². The third-order valence-corrected chi connectivity index (χ3v) is 3.17. The molecule has 0 spiro atoms. The number of piperazine rings is 1. The van der Waals surface area contributed by atoms with Crippen molar-refractivity contribution in [2.75, 3.05) is 50.0 Å². The van der Waals surface area contributed by atoms with Gasteiger partial charge in [0.2, 0.25) is 0 Å². The zero-order valence-electron chi connectivity index (χ0n) is 10.4. The van der Waals surface area contributed by atoms with Gasteiger partial charge >= 0.3 is 0 Å². The van der Waals surface area contributed by atoms with Gasteiger partial charge in [0, 0.05) is 38.9 Å². The molecule has 6 nitrogen and oxygen atoms in total. The maximum atomic E-state index is 9.40. The van der Waals surface area contributed by atoms with E-state index in [1.165, 1.54) is 0 Å². The van der Waals surface area contributed by atoms with Crippen LogP contribution in [0.1, 0.15) is 0 Å². The SMILES string of the molecule is Nc1cccnc1N1CCN(CC(O)CO)CC1. The lowest BCUT2D eigenvalue weighted by atomic mass is 10.2. The number of hydrogen-bond donors (Lipinski definition) is 3. The molecule has 0 radical (unpaired) electrons. The molecule has 1 aromatic rings. The standard InChI is InChI=1S/C12H20N4O2/c13-11-2-1-3-14-12(11)16-6-4-15(5-7-16)8-10(18)9-17/h1-3,10,17-18H,4-9,13H2. The Bertz CT molecular complexity index is 380. The minimum Gasteiger partial charge on any atom is -0.396 e. The molecule has 0 saturated carbocycles. The molecule has 1 aliphatic rings. The van der Waals surface area contributed by atoms with Gasteiger partial charge in [-0.3, -0.25) is 4.90 Å². The lowest BCUT2D eigenvalue weighted by Gasteiger charge is -2.36. The van der Waals surface area contributed by atoms with Gasteiger partial charge in [-0.05, 0) is 12.1 Å². The minimum absolute atomic E-state index is 0.187. The van der Waals surface area contributed by atoms with Crippen LogP contribution in [-0.2, 0) is 0 Å². The molecule has 0 aromatic carbocycles. The number of β-amino-alcohol motifs (C(OH)–C–C–N with tert-alkyl or cyclic N) is 1. The van der Waals surface area contributed by atoms with Crippen molar-refractivity contribution in [1.29, 1.82) is 0 Å². The molecule has 18 heavy (non-hydrogen) atoms. The summed E-state index contributed by atoms with van der Waals surface area (Å²) >= 11 is 0. The number of pyridine rings is 1. The maximum absolute atomic E-state index is 9.40. The Labute approximate surface area is 107 Å². The van der Waals surface area contributed by atoms with Crippen LogP contribution in [-0.4, -0.2) is 65.5 Å². The largest absolute Gasteiger partial charge is 0.396 e. The van der Waals surface area contributed by atoms with Crippen molar-refractivity contribution in [3.8, 4) is 0 Å². The predicted molar refractivity (Wildman–Crippen MR) is 70.4 cm³/mol. The second kappa shape index (κ2) is 5.99. The second-order valence-corrected chi connectivity index (χ2v) is 4.54. The molecule has 100 valence electrons. The van der Waals surface area contributed by atoms with Gasteiger partial charge in [0.15, 0.2) is 5.82 Å². The van der Waals surface area contributed by atoms with Crippen LogP contribution in [0.15, 0.2) is 18.3 Å². The first-order valence-corrected chi connectivity index (χ1v) is 6.17. The van der Waals surface area contributed by atoms with Crippen LogP contribution in [0.5, 0.6) is 0 Å². The van der Waals surface area contributed by atoms with Crippen molar-refractivity contribution < 1.29 is 10.2 Å². The fourth-order valence-electron chi connectivity index (χ4n) is 2.17. The van der Waals surface area contributed by atoms with Crippen molar-refractivity contribution in [3.05, 3.63) is 18.3 Å². The zero-order chi connectivity index (χ0) is 13.0. The van der Waals surface area contributed by atoms with Gasteiger partial charge in [0.25, 0.3) is 0 Å². The van der Waals surface area contributed by atoms with Gasteiger partial charge in [0.1, 0.15) is 0 Å². The highest BCUT2D eigenvalue weighted by atomic mass is 16.3. The number of rotatable bonds is 4. The number of nitrogen functional groups attached to an aromatic ring is 1. The number of aliphatic hydroxyl groups excluding tert-OH is 2.